The van der Waals surface area contributed by atoms with E-state index in [9.17, 15) is 5.11 Å². The van der Waals surface area contributed by atoms with Crippen molar-refractivity contribution in [3.05, 3.63) is 0 Å². The molecule has 2 aliphatic rings. The van der Waals surface area contributed by atoms with Gasteiger partial charge < -0.3 is 10.0 Å². The second kappa shape index (κ2) is 3.00. The molecule has 2 aliphatic carbocycles. The van der Waals surface area contributed by atoms with Gasteiger partial charge in [0.15, 0.2) is 0 Å². The van der Waals surface area contributed by atoms with Crippen LogP contribution in [0.5, 0.6) is 0 Å². The molecule has 2 fully saturated rings. The van der Waals surface area contributed by atoms with Gasteiger partial charge >= 0.3 is 0 Å². The van der Waals surface area contributed by atoms with Crippen LogP contribution in [0.2, 0.25) is 0 Å². The van der Waals surface area contributed by atoms with Gasteiger partial charge in [0.1, 0.15) is 0 Å². The number of rotatable bonds is 2. The number of nitrogens with zero attached hydrogens (tertiary/aromatic N) is 1. The monoisotopic (exact) mass is 169 g/mol. The molecule has 0 aromatic heterocycles. The first-order valence-corrected chi connectivity index (χ1v) is 5.12. The van der Waals surface area contributed by atoms with Crippen LogP contribution in [0.15, 0.2) is 0 Å². The first-order chi connectivity index (χ1) is 5.74. The van der Waals surface area contributed by atoms with Crippen molar-refractivity contribution >= 4 is 0 Å². The van der Waals surface area contributed by atoms with Crippen LogP contribution in [0.3, 0.4) is 0 Å². The van der Waals surface area contributed by atoms with E-state index in [1.807, 2.05) is 0 Å². The summed E-state index contributed by atoms with van der Waals surface area (Å²) < 4.78 is 0. The fraction of sp³-hybridized carbons (Fsp3) is 1.00. The molecule has 2 heteroatoms. The molecule has 0 radical (unpaired) electrons. The summed E-state index contributed by atoms with van der Waals surface area (Å²) in [7, 11) is 2.19. The van der Waals surface area contributed by atoms with Crippen LogP contribution in [0, 0.1) is 11.8 Å². The van der Waals surface area contributed by atoms with Crippen LogP contribution in [0.1, 0.15) is 26.2 Å². The van der Waals surface area contributed by atoms with Gasteiger partial charge in [-0.2, -0.15) is 0 Å². The highest BCUT2D eigenvalue weighted by Gasteiger charge is 2.48. The van der Waals surface area contributed by atoms with Gasteiger partial charge in [0.25, 0.3) is 0 Å². The third-order valence-corrected chi connectivity index (χ3v) is 3.84. The van der Waals surface area contributed by atoms with Gasteiger partial charge in [-0.15, -0.1) is 0 Å². The molecule has 4 atom stereocenters. The second-order valence-corrected chi connectivity index (χ2v) is 4.37. The molecule has 0 aliphatic heterocycles. The molecule has 1 N–H and O–H groups in total. The lowest BCUT2D eigenvalue weighted by molar-refractivity contribution is 0.0972. The van der Waals surface area contributed by atoms with Crippen molar-refractivity contribution in [3.63, 3.8) is 0 Å². The molecule has 12 heavy (non-hydrogen) atoms. The van der Waals surface area contributed by atoms with Crippen LogP contribution >= 0.6 is 0 Å². The van der Waals surface area contributed by atoms with Crippen LogP contribution in [-0.4, -0.2) is 35.7 Å². The SMILES string of the molecule is CCN(C)C1[C@@H]2CC[C@H]1[C@H](O)C2. The summed E-state index contributed by atoms with van der Waals surface area (Å²) in [6, 6.07) is 0.685. The third-order valence-electron chi connectivity index (χ3n) is 3.84. The predicted molar refractivity (Wildman–Crippen MR) is 48.9 cm³/mol. The Hall–Kier alpha value is -0.0800. The molecule has 0 amide bonds. The van der Waals surface area contributed by atoms with E-state index in [4.69, 9.17) is 0 Å². The Bertz CT molecular complexity index is 171. The highest BCUT2D eigenvalue weighted by Crippen LogP contribution is 2.46. The molecule has 1 unspecified atom stereocenters. The maximum absolute atomic E-state index is 9.71. The molecule has 0 saturated heterocycles. The zero-order valence-electron chi connectivity index (χ0n) is 8.03. The lowest BCUT2D eigenvalue weighted by Gasteiger charge is -2.27. The fourth-order valence-electron chi connectivity index (χ4n) is 3.16. The Labute approximate surface area is 74.6 Å². The van der Waals surface area contributed by atoms with Crippen molar-refractivity contribution < 1.29 is 5.11 Å². The summed E-state index contributed by atoms with van der Waals surface area (Å²) in [6.45, 7) is 3.31. The van der Waals surface area contributed by atoms with E-state index in [-0.39, 0.29) is 6.10 Å². The van der Waals surface area contributed by atoms with Crippen molar-refractivity contribution in [2.75, 3.05) is 13.6 Å². The minimum absolute atomic E-state index is 0.00255. The largest absolute Gasteiger partial charge is 0.393 e. The minimum atomic E-state index is 0.00255. The van der Waals surface area contributed by atoms with E-state index in [0.29, 0.717) is 12.0 Å². The number of hydrogen-bond donors (Lipinski definition) is 1. The second-order valence-electron chi connectivity index (χ2n) is 4.37. The van der Waals surface area contributed by atoms with Gasteiger partial charge in [0.05, 0.1) is 6.10 Å². The van der Waals surface area contributed by atoms with Crippen molar-refractivity contribution in [1.82, 2.24) is 4.90 Å². The third kappa shape index (κ3) is 1.09. The highest BCUT2D eigenvalue weighted by atomic mass is 16.3. The van der Waals surface area contributed by atoms with Crippen LogP contribution in [-0.2, 0) is 0 Å². The molecule has 0 spiro atoms. The molecule has 2 nitrogen and oxygen atoms in total. The summed E-state index contributed by atoms with van der Waals surface area (Å²) in [4.78, 5) is 2.42. The Morgan fingerprint density at radius 1 is 1.42 bits per heavy atom. The van der Waals surface area contributed by atoms with E-state index in [1.54, 1.807) is 0 Å². The predicted octanol–water partition coefficient (Wildman–Crippen LogP) is 1.10. The van der Waals surface area contributed by atoms with Crippen LogP contribution < -0.4 is 0 Å². The normalized spacial score (nSPS) is 46.0. The molecular weight excluding hydrogens is 150 g/mol. The van der Waals surface area contributed by atoms with E-state index in [1.165, 1.54) is 12.8 Å². The van der Waals surface area contributed by atoms with Crippen LogP contribution in [0.4, 0.5) is 0 Å². The van der Waals surface area contributed by atoms with Crippen molar-refractivity contribution in [3.8, 4) is 0 Å². The quantitative estimate of drug-likeness (QED) is 0.669. The molecule has 2 rings (SSSR count). The Morgan fingerprint density at radius 2 is 2.17 bits per heavy atom. The summed E-state index contributed by atoms with van der Waals surface area (Å²) in [5, 5.41) is 9.71. The molecule has 2 saturated carbocycles. The van der Waals surface area contributed by atoms with E-state index >= 15 is 0 Å². The summed E-state index contributed by atoms with van der Waals surface area (Å²) in [5.74, 6) is 1.37. The van der Waals surface area contributed by atoms with Gasteiger partial charge in [-0.05, 0) is 38.8 Å². The van der Waals surface area contributed by atoms with Crippen LogP contribution in [0.25, 0.3) is 0 Å². The lowest BCUT2D eigenvalue weighted by Crippen LogP contribution is -2.36. The van der Waals surface area contributed by atoms with Crippen molar-refractivity contribution in [2.45, 2.75) is 38.3 Å². The molecule has 0 heterocycles. The van der Waals surface area contributed by atoms with E-state index in [2.05, 4.69) is 18.9 Å². The molecular formula is C10H19NO. The average Bonchev–Trinajstić information content (AvgIpc) is 2.59. The Balaban J connectivity index is 2.08. The van der Waals surface area contributed by atoms with Gasteiger partial charge in [0, 0.05) is 12.0 Å². The maximum atomic E-state index is 9.71. The van der Waals surface area contributed by atoms with Gasteiger partial charge in [-0.25, -0.2) is 0 Å². The van der Waals surface area contributed by atoms with E-state index < -0.39 is 0 Å². The summed E-state index contributed by atoms with van der Waals surface area (Å²) in [5.41, 5.74) is 0. The highest BCUT2D eigenvalue weighted by molar-refractivity contribution is 5.01. The fourth-order valence-corrected chi connectivity index (χ4v) is 3.16. The zero-order valence-corrected chi connectivity index (χ0v) is 8.03. The Morgan fingerprint density at radius 3 is 2.58 bits per heavy atom. The number of hydrogen-bond acceptors (Lipinski definition) is 2. The number of aliphatic hydroxyl groups is 1. The van der Waals surface area contributed by atoms with E-state index in [0.717, 1.165) is 18.9 Å². The Kier molecular flexibility index (Phi) is 2.13. The van der Waals surface area contributed by atoms with Crippen molar-refractivity contribution in [1.29, 1.82) is 0 Å². The maximum Gasteiger partial charge on any atom is 0.0586 e. The zero-order chi connectivity index (χ0) is 8.72. The number of aliphatic hydroxyl groups excluding tert-OH is 1. The molecule has 0 aromatic rings. The molecule has 0 aromatic carbocycles. The first-order valence-electron chi connectivity index (χ1n) is 5.12. The lowest BCUT2D eigenvalue weighted by atomic mass is 9.98. The molecule has 2 bridgehead atoms. The average molecular weight is 169 g/mol. The number of fused-ring (bicyclic) bond motifs is 2. The topological polar surface area (TPSA) is 23.5 Å². The summed E-state index contributed by atoms with van der Waals surface area (Å²) >= 11 is 0. The smallest absolute Gasteiger partial charge is 0.0586 e. The standard InChI is InChI=1S/C10H19NO/c1-3-11(2)10-7-4-5-8(10)9(12)6-7/h7-10,12H,3-6H2,1-2H3/t7-,8+,9-,10?/m1/s1. The van der Waals surface area contributed by atoms with Gasteiger partial charge in [-0.1, -0.05) is 6.92 Å². The molecule has 70 valence electrons. The summed E-state index contributed by atoms with van der Waals surface area (Å²) in [6.07, 6.45) is 3.65. The van der Waals surface area contributed by atoms with Crippen molar-refractivity contribution in [2.24, 2.45) is 11.8 Å². The minimum Gasteiger partial charge on any atom is -0.393 e. The van der Waals surface area contributed by atoms with Gasteiger partial charge in [-0.3, -0.25) is 0 Å². The van der Waals surface area contributed by atoms with Gasteiger partial charge in [0.2, 0.25) is 0 Å². The first kappa shape index (κ1) is 8.52.